The van der Waals surface area contributed by atoms with Crippen LogP contribution in [0.25, 0.3) is 0 Å². The maximum atomic E-state index is 12.8. The summed E-state index contributed by atoms with van der Waals surface area (Å²) in [5, 5.41) is 10.9. The Morgan fingerprint density at radius 3 is 2.56 bits per heavy atom. The molecule has 0 saturated carbocycles. The fourth-order valence-corrected chi connectivity index (χ4v) is 1.39. The molecule has 0 amide bonds. The highest BCUT2D eigenvalue weighted by Gasteiger charge is 2.33. The number of rotatable bonds is 5. The van der Waals surface area contributed by atoms with Crippen molar-refractivity contribution >= 4 is 5.97 Å². The Morgan fingerprint density at radius 2 is 2.00 bits per heavy atom. The third kappa shape index (κ3) is 4.33. The number of carboxylic acid groups (broad SMARTS) is 1. The average molecular weight is 265 g/mol. The van der Waals surface area contributed by atoms with Gasteiger partial charge in [0.15, 0.2) is 0 Å². The lowest BCUT2D eigenvalue weighted by molar-refractivity contribution is -0.139. The smallest absolute Gasteiger partial charge is 0.416 e. The molecule has 0 bridgehead atoms. The van der Waals surface area contributed by atoms with E-state index in [1.807, 2.05) is 0 Å². The largest absolute Gasteiger partial charge is 0.481 e. The summed E-state index contributed by atoms with van der Waals surface area (Å²) in [6.45, 7) is -0.119. The van der Waals surface area contributed by atoms with Crippen molar-refractivity contribution in [1.82, 2.24) is 5.32 Å². The van der Waals surface area contributed by atoms with Gasteiger partial charge in [0.25, 0.3) is 0 Å². The van der Waals surface area contributed by atoms with E-state index in [0.29, 0.717) is 6.07 Å². The summed E-state index contributed by atoms with van der Waals surface area (Å²) in [7, 11) is 0. The van der Waals surface area contributed by atoms with Crippen molar-refractivity contribution in [2.24, 2.45) is 0 Å². The summed E-state index contributed by atoms with van der Waals surface area (Å²) in [4.78, 5) is 10.2. The van der Waals surface area contributed by atoms with E-state index in [1.165, 1.54) is 0 Å². The number of hydrogen-bond donors (Lipinski definition) is 2. The molecule has 0 aliphatic carbocycles. The minimum Gasteiger partial charge on any atom is -0.481 e. The second kappa shape index (κ2) is 5.81. The zero-order chi connectivity index (χ0) is 13.8. The Bertz CT molecular complexity index is 432. The van der Waals surface area contributed by atoms with Crippen LogP contribution in [0.1, 0.15) is 17.5 Å². The van der Waals surface area contributed by atoms with Crippen molar-refractivity contribution in [2.75, 3.05) is 6.54 Å². The molecule has 0 unspecified atom stereocenters. The quantitative estimate of drug-likeness (QED) is 0.635. The molecule has 0 saturated heterocycles. The lowest BCUT2D eigenvalue weighted by Crippen LogP contribution is -2.20. The highest BCUT2D eigenvalue weighted by atomic mass is 19.4. The van der Waals surface area contributed by atoms with Gasteiger partial charge in [-0.3, -0.25) is 4.79 Å². The first-order valence-electron chi connectivity index (χ1n) is 5.09. The van der Waals surface area contributed by atoms with E-state index in [9.17, 15) is 22.4 Å². The van der Waals surface area contributed by atoms with Gasteiger partial charge in [-0.1, -0.05) is 6.07 Å². The summed E-state index contributed by atoms with van der Waals surface area (Å²) in [6, 6.07) is 2.39. The third-order valence-electron chi connectivity index (χ3n) is 2.21. The van der Waals surface area contributed by atoms with Gasteiger partial charge in [0.05, 0.1) is 12.0 Å². The first kappa shape index (κ1) is 14.4. The maximum absolute atomic E-state index is 12.8. The number of carboxylic acids is 1. The molecule has 3 nitrogen and oxygen atoms in total. The van der Waals surface area contributed by atoms with Crippen LogP contribution < -0.4 is 5.32 Å². The highest BCUT2D eigenvalue weighted by molar-refractivity contribution is 5.66. The molecule has 18 heavy (non-hydrogen) atoms. The minimum absolute atomic E-state index is 0.0456. The molecule has 1 rings (SSSR count). The van der Waals surface area contributed by atoms with Crippen molar-refractivity contribution in [3.8, 4) is 0 Å². The predicted molar refractivity (Wildman–Crippen MR) is 55.4 cm³/mol. The molecule has 0 radical (unpaired) electrons. The lowest BCUT2D eigenvalue weighted by atomic mass is 10.1. The van der Waals surface area contributed by atoms with Crippen molar-refractivity contribution in [3.63, 3.8) is 0 Å². The Morgan fingerprint density at radius 1 is 1.33 bits per heavy atom. The van der Waals surface area contributed by atoms with Crippen molar-refractivity contribution in [1.29, 1.82) is 0 Å². The lowest BCUT2D eigenvalue weighted by Gasteiger charge is -2.13. The van der Waals surface area contributed by atoms with Crippen molar-refractivity contribution in [2.45, 2.75) is 19.1 Å². The topological polar surface area (TPSA) is 49.3 Å². The van der Waals surface area contributed by atoms with E-state index in [0.717, 1.165) is 12.1 Å². The first-order chi connectivity index (χ1) is 8.30. The normalized spacial score (nSPS) is 11.6. The molecule has 1 aromatic rings. The standard InChI is InChI=1S/C11H11F4NO2/c12-8-2-1-7(6-16-4-3-10(17)18)9(5-8)11(13,14)15/h1-2,5,16H,3-4,6H2,(H,17,18). The van der Waals surface area contributed by atoms with Crippen LogP contribution in [0, 0.1) is 5.82 Å². The van der Waals surface area contributed by atoms with Crippen LogP contribution in [0.3, 0.4) is 0 Å². The number of alkyl halides is 3. The van der Waals surface area contributed by atoms with Gasteiger partial charge in [0.1, 0.15) is 5.82 Å². The molecule has 1 aromatic carbocycles. The van der Waals surface area contributed by atoms with Gasteiger partial charge in [-0.05, 0) is 17.7 Å². The fourth-order valence-electron chi connectivity index (χ4n) is 1.39. The number of carbonyl (C=O) groups is 1. The van der Waals surface area contributed by atoms with E-state index in [-0.39, 0.29) is 25.1 Å². The summed E-state index contributed by atoms with van der Waals surface area (Å²) < 4.78 is 50.5. The van der Waals surface area contributed by atoms with E-state index in [4.69, 9.17) is 5.11 Å². The SMILES string of the molecule is O=C(O)CCNCc1ccc(F)cc1C(F)(F)F. The molecule has 2 N–H and O–H groups in total. The molecule has 0 fully saturated rings. The highest BCUT2D eigenvalue weighted by Crippen LogP contribution is 2.32. The molecule has 0 aliphatic rings. The zero-order valence-electron chi connectivity index (χ0n) is 9.22. The van der Waals surface area contributed by atoms with Crippen molar-refractivity contribution < 1.29 is 27.5 Å². The van der Waals surface area contributed by atoms with E-state index >= 15 is 0 Å². The summed E-state index contributed by atoms with van der Waals surface area (Å²) >= 11 is 0. The van der Waals surface area contributed by atoms with Gasteiger partial charge in [-0.15, -0.1) is 0 Å². The Labute approximate surface area is 100 Å². The molecule has 0 aliphatic heterocycles. The van der Waals surface area contributed by atoms with Gasteiger partial charge in [0, 0.05) is 13.1 Å². The van der Waals surface area contributed by atoms with Crippen LogP contribution in [0.4, 0.5) is 17.6 Å². The number of benzene rings is 1. The van der Waals surface area contributed by atoms with Gasteiger partial charge >= 0.3 is 12.1 Å². The summed E-state index contributed by atoms with van der Waals surface area (Å²) in [6.07, 6.45) is -4.82. The van der Waals surface area contributed by atoms with E-state index in [2.05, 4.69) is 5.32 Å². The van der Waals surface area contributed by atoms with Gasteiger partial charge in [0.2, 0.25) is 0 Å². The molecular weight excluding hydrogens is 254 g/mol. The average Bonchev–Trinajstić information content (AvgIpc) is 2.24. The summed E-state index contributed by atoms with van der Waals surface area (Å²) in [5.74, 6) is -2.01. The molecule has 0 spiro atoms. The molecular formula is C11H11F4NO2. The molecule has 0 atom stereocenters. The number of halogens is 4. The molecule has 100 valence electrons. The zero-order valence-corrected chi connectivity index (χ0v) is 9.22. The van der Waals surface area contributed by atoms with Gasteiger partial charge < -0.3 is 10.4 Å². The van der Waals surface area contributed by atoms with Crippen LogP contribution in [0.5, 0.6) is 0 Å². The van der Waals surface area contributed by atoms with Crippen LogP contribution in [-0.4, -0.2) is 17.6 Å². The van der Waals surface area contributed by atoms with Crippen molar-refractivity contribution in [3.05, 3.63) is 35.1 Å². The second-order valence-corrected chi connectivity index (χ2v) is 3.62. The first-order valence-corrected chi connectivity index (χ1v) is 5.09. The Balaban J connectivity index is 2.73. The fraction of sp³-hybridized carbons (Fsp3) is 0.364. The monoisotopic (exact) mass is 265 g/mol. The number of hydrogen-bond acceptors (Lipinski definition) is 2. The molecule has 0 aromatic heterocycles. The van der Waals surface area contributed by atoms with Crippen LogP contribution in [-0.2, 0) is 17.5 Å². The second-order valence-electron chi connectivity index (χ2n) is 3.62. The summed E-state index contributed by atoms with van der Waals surface area (Å²) in [5.41, 5.74) is -1.17. The predicted octanol–water partition coefficient (Wildman–Crippen LogP) is 2.41. The van der Waals surface area contributed by atoms with E-state index < -0.39 is 23.5 Å². The van der Waals surface area contributed by atoms with Crippen LogP contribution >= 0.6 is 0 Å². The maximum Gasteiger partial charge on any atom is 0.416 e. The van der Waals surface area contributed by atoms with E-state index in [1.54, 1.807) is 0 Å². The number of nitrogens with one attached hydrogen (secondary N) is 1. The Hall–Kier alpha value is -1.63. The number of aliphatic carboxylic acids is 1. The van der Waals surface area contributed by atoms with Crippen LogP contribution in [0.15, 0.2) is 18.2 Å². The Kier molecular flexibility index (Phi) is 4.66. The molecule has 0 heterocycles. The van der Waals surface area contributed by atoms with Gasteiger partial charge in [-0.2, -0.15) is 13.2 Å². The van der Waals surface area contributed by atoms with Crippen LogP contribution in [0.2, 0.25) is 0 Å². The van der Waals surface area contributed by atoms with Gasteiger partial charge in [-0.25, -0.2) is 4.39 Å². The minimum atomic E-state index is -4.63. The molecule has 7 heteroatoms. The third-order valence-corrected chi connectivity index (χ3v) is 2.21.